The van der Waals surface area contributed by atoms with Crippen LogP contribution >= 0.6 is 0 Å². The summed E-state index contributed by atoms with van der Waals surface area (Å²) in [7, 11) is 0. The van der Waals surface area contributed by atoms with Gasteiger partial charge in [0.2, 0.25) is 23.6 Å². The molecule has 1 aliphatic heterocycles. The van der Waals surface area contributed by atoms with E-state index < -0.39 is 66.2 Å². The van der Waals surface area contributed by atoms with Gasteiger partial charge in [0, 0.05) is 12.8 Å². The van der Waals surface area contributed by atoms with Gasteiger partial charge in [0.1, 0.15) is 18.1 Å². The molecule has 8 N–H and O–H groups in total. The van der Waals surface area contributed by atoms with Crippen molar-refractivity contribution < 1.29 is 39.0 Å². The van der Waals surface area contributed by atoms with Crippen LogP contribution in [0.2, 0.25) is 0 Å². The lowest BCUT2D eigenvalue weighted by Gasteiger charge is -2.25. The molecule has 34 heavy (non-hydrogen) atoms. The molecule has 0 radical (unpaired) electrons. The van der Waals surface area contributed by atoms with Crippen molar-refractivity contribution in [3.63, 3.8) is 0 Å². The Hall–Kier alpha value is -3.22. The molecule has 13 heteroatoms. The summed E-state index contributed by atoms with van der Waals surface area (Å²) in [6, 6.07) is -4.29. The smallest absolute Gasteiger partial charge is 0.326 e. The Labute approximate surface area is 197 Å². The van der Waals surface area contributed by atoms with Crippen molar-refractivity contribution in [3.05, 3.63) is 0 Å². The zero-order chi connectivity index (χ0) is 25.8. The van der Waals surface area contributed by atoms with Gasteiger partial charge in [-0.3, -0.25) is 24.0 Å². The summed E-state index contributed by atoms with van der Waals surface area (Å²) in [5, 5.41) is 28.6. The molecule has 0 spiro atoms. The molecule has 0 aromatic heterocycles. The molecule has 0 aliphatic carbocycles. The number of carboxylic acids is 2. The highest BCUT2D eigenvalue weighted by Gasteiger charge is 2.32. The minimum absolute atomic E-state index is 0.0418. The standard InChI is InChI=1S/C21H35N5O8/c1-11(2)10-15(21(33)34)26-20(32)13(5-7-16(22)27)25-19(31)14(6-8-17(28)29)24-18(30)12-4-3-9-23-12/h11-15,23H,3-10H2,1-2H3,(H2,22,27)(H,24,30)(H,25,31)(H,26,32)(H,28,29)(H,33,34). The van der Waals surface area contributed by atoms with Crippen LogP contribution in [0.4, 0.5) is 0 Å². The zero-order valence-electron chi connectivity index (χ0n) is 19.5. The van der Waals surface area contributed by atoms with Gasteiger partial charge < -0.3 is 37.2 Å². The Morgan fingerprint density at radius 2 is 1.47 bits per heavy atom. The molecule has 1 rings (SSSR count). The monoisotopic (exact) mass is 485 g/mol. The zero-order valence-corrected chi connectivity index (χ0v) is 19.5. The molecule has 0 aromatic carbocycles. The summed E-state index contributed by atoms with van der Waals surface area (Å²) in [5.74, 6) is -5.32. The van der Waals surface area contributed by atoms with E-state index in [1.54, 1.807) is 13.8 Å². The van der Waals surface area contributed by atoms with Crippen LogP contribution in [-0.4, -0.2) is 76.5 Å². The maximum atomic E-state index is 12.9. The Balaban J connectivity index is 2.97. The largest absolute Gasteiger partial charge is 0.481 e. The van der Waals surface area contributed by atoms with Crippen molar-refractivity contribution in [1.29, 1.82) is 0 Å². The number of carboxylic acid groups (broad SMARTS) is 2. The number of hydrogen-bond donors (Lipinski definition) is 7. The van der Waals surface area contributed by atoms with Gasteiger partial charge in [-0.05, 0) is 44.6 Å². The van der Waals surface area contributed by atoms with Crippen molar-refractivity contribution in [2.75, 3.05) is 6.54 Å². The van der Waals surface area contributed by atoms with Crippen LogP contribution in [0, 0.1) is 5.92 Å². The molecule has 0 saturated carbocycles. The van der Waals surface area contributed by atoms with Gasteiger partial charge in [-0.2, -0.15) is 0 Å². The van der Waals surface area contributed by atoms with E-state index in [4.69, 9.17) is 10.8 Å². The molecule has 4 unspecified atom stereocenters. The number of amides is 4. The van der Waals surface area contributed by atoms with Gasteiger partial charge >= 0.3 is 11.9 Å². The van der Waals surface area contributed by atoms with E-state index in [9.17, 15) is 33.9 Å². The summed E-state index contributed by atoms with van der Waals surface area (Å²) >= 11 is 0. The molecule has 1 fully saturated rings. The molecule has 1 heterocycles. The molecule has 4 amide bonds. The SMILES string of the molecule is CC(C)CC(NC(=O)C(CCC(N)=O)NC(=O)C(CCC(=O)O)NC(=O)C1CCCN1)C(=O)O. The number of rotatable bonds is 15. The summed E-state index contributed by atoms with van der Waals surface area (Å²) < 4.78 is 0. The van der Waals surface area contributed by atoms with Gasteiger partial charge in [0.05, 0.1) is 6.04 Å². The van der Waals surface area contributed by atoms with Crippen LogP contribution in [0.15, 0.2) is 0 Å². The Morgan fingerprint density at radius 3 is 1.94 bits per heavy atom. The second kappa shape index (κ2) is 14.1. The van der Waals surface area contributed by atoms with E-state index in [-0.39, 0.29) is 31.6 Å². The summed E-state index contributed by atoms with van der Waals surface area (Å²) in [4.78, 5) is 71.9. The fourth-order valence-corrected chi connectivity index (χ4v) is 3.51. The summed E-state index contributed by atoms with van der Waals surface area (Å²) in [6.45, 7) is 4.20. The van der Waals surface area contributed by atoms with E-state index in [0.29, 0.717) is 13.0 Å². The lowest BCUT2D eigenvalue weighted by atomic mass is 10.0. The fraction of sp³-hybridized carbons (Fsp3) is 0.714. The molecule has 13 nitrogen and oxygen atoms in total. The third-order valence-electron chi connectivity index (χ3n) is 5.29. The van der Waals surface area contributed by atoms with Gasteiger partial charge in [-0.1, -0.05) is 13.8 Å². The number of nitrogens with two attached hydrogens (primary N) is 1. The predicted molar refractivity (Wildman–Crippen MR) is 119 cm³/mol. The summed E-state index contributed by atoms with van der Waals surface area (Å²) in [6.07, 6.45) is 0.376. The maximum absolute atomic E-state index is 12.9. The lowest BCUT2D eigenvalue weighted by molar-refractivity contribution is -0.143. The fourth-order valence-electron chi connectivity index (χ4n) is 3.51. The normalized spacial score (nSPS) is 17.9. The first kappa shape index (κ1) is 28.8. The highest BCUT2D eigenvalue weighted by Crippen LogP contribution is 2.09. The van der Waals surface area contributed by atoms with Crippen molar-refractivity contribution in [2.45, 2.75) is 83.0 Å². The van der Waals surface area contributed by atoms with E-state index >= 15 is 0 Å². The van der Waals surface area contributed by atoms with Crippen LogP contribution in [0.1, 0.15) is 58.8 Å². The first-order chi connectivity index (χ1) is 15.9. The maximum Gasteiger partial charge on any atom is 0.326 e. The number of primary amides is 1. The molecular weight excluding hydrogens is 450 g/mol. The molecule has 1 saturated heterocycles. The molecule has 0 bridgehead atoms. The van der Waals surface area contributed by atoms with E-state index in [1.165, 1.54) is 0 Å². The van der Waals surface area contributed by atoms with Crippen molar-refractivity contribution >= 4 is 35.6 Å². The second-order valence-electron chi connectivity index (χ2n) is 8.74. The van der Waals surface area contributed by atoms with Crippen LogP contribution in [0.3, 0.4) is 0 Å². The average molecular weight is 486 g/mol. The number of hydrogen-bond acceptors (Lipinski definition) is 7. The highest BCUT2D eigenvalue weighted by molar-refractivity contribution is 5.94. The van der Waals surface area contributed by atoms with Crippen LogP contribution < -0.4 is 27.0 Å². The Morgan fingerprint density at radius 1 is 0.912 bits per heavy atom. The molecule has 0 aromatic rings. The number of carbonyl (C=O) groups excluding carboxylic acids is 4. The topological polar surface area (TPSA) is 217 Å². The first-order valence-electron chi connectivity index (χ1n) is 11.3. The molecule has 1 aliphatic rings. The van der Waals surface area contributed by atoms with Crippen molar-refractivity contribution in [2.24, 2.45) is 11.7 Å². The Kier molecular flexibility index (Phi) is 12.0. The average Bonchev–Trinajstić information content (AvgIpc) is 3.27. The number of nitrogens with one attached hydrogen (secondary N) is 4. The summed E-state index contributed by atoms with van der Waals surface area (Å²) in [5.41, 5.74) is 5.16. The second-order valence-corrected chi connectivity index (χ2v) is 8.74. The van der Waals surface area contributed by atoms with Gasteiger partial charge in [0.15, 0.2) is 0 Å². The number of aliphatic carboxylic acids is 2. The predicted octanol–water partition coefficient (Wildman–Crippen LogP) is -1.55. The first-order valence-corrected chi connectivity index (χ1v) is 11.3. The third-order valence-corrected chi connectivity index (χ3v) is 5.29. The minimum Gasteiger partial charge on any atom is -0.481 e. The highest BCUT2D eigenvalue weighted by atomic mass is 16.4. The quantitative estimate of drug-likeness (QED) is 0.143. The number of carbonyl (C=O) groups is 6. The molecule has 192 valence electrons. The van der Waals surface area contributed by atoms with Crippen molar-refractivity contribution in [1.82, 2.24) is 21.3 Å². The van der Waals surface area contributed by atoms with E-state index in [0.717, 1.165) is 6.42 Å². The lowest BCUT2D eigenvalue weighted by Crippen LogP contribution is -2.57. The minimum atomic E-state index is -1.32. The van der Waals surface area contributed by atoms with Crippen LogP contribution in [0.5, 0.6) is 0 Å². The molecular formula is C21H35N5O8. The van der Waals surface area contributed by atoms with Gasteiger partial charge in [0.25, 0.3) is 0 Å². The van der Waals surface area contributed by atoms with Crippen LogP contribution in [-0.2, 0) is 28.8 Å². The van der Waals surface area contributed by atoms with Gasteiger partial charge in [-0.25, -0.2) is 4.79 Å². The van der Waals surface area contributed by atoms with Gasteiger partial charge in [-0.15, -0.1) is 0 Å². The van der Waals surface area contributed by atoms with Crippen LogP contribution in [0.25, 0.3) is 0 Å². The van der Waals surface area contributed by atoms with Crippen molar-refractivity contribution in [3.8, 4) is 0 Å². The molecule has 4 atom stereocenters. The van der Waals surface area contributed by atoms with E-state index in [2.05, 4.69) is 21.3 Å². The third kappa shape index (κ3) is 10.6. The van der Waals surface area contributed by atoms with E-state index in [1.807, 2.05) is 0 Å². The Bertz CT molecular complexity index is 766.